The Morgan fingerprint density at radius 3 is 3.15 bits per heavy atom. The Morgan fingerprint density at radius 2 is 2.30 bits per heavy atom. The molecule has 3 heterocycles. The molecule has 0 unspecified atom stereocenters. The van der Waals surface area contributed by atoms with Gasteiger partial charge in [0, 0.05) is 25.4 Å². The molecule has 3 rings (SSSR count). The lowest BCUT2D eigenvalue weighted by Gasteiger charge is -2.26. The van der Waals surface area contributed by atoms with E-state index in [0.717, 1.165) is 6.42 Å². The third kappa shape index (κ3) is 2.40. The zero-order valence-corrected chi connectivity index (χ0v) is 10.7. The molecule has 0 radical (unpaired) electrons. The maximum Gasteiger partial charge on any atom is 0.317 e. The summed E-state index contributed by atoms with van der Waals surface area (Å²) in [4.78, 5) is 29.2. The third-order valence-corrected chi connectivity index (χ3v) is 3.06. The summed E-state index contributed by atoms with van der Waals surface area (Å²) in [5.41, 5.74) is 0.651. The van der Waals surface area contributed by atoms with E-state index in [1.165, 1.54) is 9.42 Å². The fourth-order valence-corrected chi connectivity index (χ4v) is 2.11. The number of hydrogen-bond acceptors (Lipinski definition) is 4. The van der Waals surface area contributed by atoms with Crippen molar-refractivity contribution in [3.63, 3.8) is 0 Å². The van der Waals surface area contributed by atoms with Crippen molar-refractivity contribution >= 4 is 23.4 Å². The maximum atomic E-state index is 12.0. The Kier molecular flexibility index (Phi) is 3.20. The fraction of sp³-hybridized carbons (Fsp3) is 0.333. The van der Waals surface area contributed by atoms with Crippen molar-refractivity contribution in [1.82, 2.24) is 24.8 Å². The van der Waals surface area contributed by atoms with Gasteiger partial charge in [0.1, 0.15) is 12.4 Å². The molecule has 104 valence electrons. The topological polar surface area (TPSA) is 91.6 Å². The number of rotatable bonds is 3. The van der Waals surface area contributed by atoms with Crippen LogP contribution in [0.2, 0.25) is 0 Å². The minimum absolute atomic E-state index is 0.0247. The highest BCUT2D eigenvalue weighted by Gasteiger charge is 2.20. The van der Waals surface area contributed by atoms with Crippen molar-refractivity contribution in [2.24, 2.45) is 0 Å². The highest BCUT2D eigenvalue weighted by atomic mass is 16.2. The zero-order valence-electron chi connectivity index (χ0n) is 10.7. The molecule has 0 atom stereocenters. The molecule has 0 saturated carbocycles. The van der Waals surface area contributed by atoms with Gasteiger partial charge < -0.3 is 15.5 Å². The van der Waals surface area contributed by atoms with Crippen LogP contribution in [0, 0.1) is 0 Å². The SMILES string of the molecule is O=C(CN1CCCNC1=O)Nc1ccnc2ccnn12. The van der Waals surface area contributed by atoms with Gasteiger partial charge >= 0.3 is 6.03 Å². The van der Waals surface area contributed by atoms with Gasteiger partial charge in [-0.2, -0.15) is 9.61 Å². The van der Waals surface area contributed by atoms with Crippen molar-refractivity contribution < 1.29 is 9.59 Å². The van der Waals surface area contributed by atoms with Gasteiger partial charge in [0.15, 0.2) is 5.65 Å². The second-order valence-corrected chi connectivity index (χ2v) is 4.49. The van der Waals surface area contributed by atoms with Crippen LogP contribution >= 0.6 is 0 Å². The smallest absolute Gasteiger partial charge is 0.317 e. The molecule has 2 N–H and O–H groups in total. The Bertz CT molecular complexity index is 652. The Hall–Kier alpha value is -2.64. The molecule has 2 aromatic rings. The molecule has 0 bridgehead atoms. The third-order valence-electron chi connectivity index (χ3n) is 3.06. The minimum atomic E-state index is -0.259. The summed E-state index contributed by atoms with van der Waals surface area (Å²) < 4.78 is 1.54. The Balaban J connectivity index is 1.69. The van der Waals surface area contributed by atoms with Crippen LogP contribution in [0.4, 0.5) is 10.6 Å². The highest BCUT2D eigenvalue weighted by molar-refractivity contribution is 5.93. The molecule has 8 heteroatoms. The molecule has 0 spiro atoms. The lowest BCUT2D eigenvalue weighted by Crippen LogP contribution is -2.49. The number of carbonyl (C=O) groups is 2. The van der Waals surface area contributed by atoms with Crippen LogP contribution in [0.15, 0.2) is 24.5 Å². The number of hydrogen-bond donors (Lipinski definition) is 2. The van der Waals surface area contributed by atoms with Gasteiger partial charge in [0.2, 0.25) is 5.91 Å². The quantitative estimate of drug-likeness (QED) is 0.829. The fourth-order valence-electron chi connectivity index (χ4n) is 2.11. The number of amides is 3. The van der Waals surface area contributed by atoms with E-state index in [4.69, 9.17) is 0 Å². The van der Waals surface area contributed by atoms with Crippen molar-refractivity contribution in [2.75, 3.05) is 25.0 Å². The summed E-state index contributed by atoms with van der Waals surface area (Å²) in [6.07, 6.45) is 4.05. The summed E-state index contributed by atoms with van der Waals surface area (Å²) in [7, 11) is 0. The van der Waals surface area contributed by atoms with E-state index in [1.54, 1.807) is 24.5 Å². The minimum Gasteiger partial charge on any atom is -0.338 e. The Labute approximate surface area is 114 Å². The summed E-state index contributed by atoms with van der Waals surface area (Å²) in [6.45, 7) is 1.28. The van der Waals surface area contributed by atoms with Crippen LogP contribution in [0.3, 0.4) is 0 Å². The number of anilines is 1. The first kappa shape index (κ1) is 12.4. The molecule has 8 nitrogen and oxygen atoms in total. The van der Waals surface area contributed by atoms with E-state index in [-0.39, 0.29) is 18.5 Å². The summed E-state index contributed by atoms with van der Waals surface area (Å²) >= 11 is 0. The molecular weight excluding hydrogens is 260 g/mol. The van der Waals surface area contributed by atoms with Crippen LogP contribution in [-0.2, 0) is 4.79 Å². The molecule has 0 aliphatic carbocycles. The van der Waals surface area contributed by atoms with Crippen LogP contribution < -0.4 is 10.6 Å². The van der Waals surface area contributed by atoms with E-state index < -0.39 is 0 Å². The summed E-state index contributed by atoms with van der Waals surface area (Å²) in [5.74, 6) is 0.271. The Morgan fingerprint density at radius 1 is 1.40 bits per heavy atom. The first-order valence-corrected chi connectivity index (χ1v) is 6.35. The normalized spacial score (nSPS) is 15.2. The van der Waals surface area contributed by atoms with Crippen molar-refractivity contribution in [2.45, 2.75) is 6.42 Å². The van der Waals surface area contributed by atoms with E-state index >= 15 is 0 Å². The molecule has 1 aliphatic rings. The summed E-state index contributed by atoms with van der Waals surface area (Å²) in [5, 5.41) is 9.53. The maximum absolute atomic E-state index is 12.0. The van der Waals surface area contributed by atoms with Crippen LogP contribution in [-0.4, -0.2) is 51.1 Å². The van der Waals surface area contributed by atoms with Crippen LogP contribution in [0.25, 0.3) is 5.65 Å². The second kappa shape index (κ2) is 5.16. The second-order valence-electron chi connectivity index (χ2n) is 4.49. The predicted octanol–water partition coefficient (Wildman–Crippen LogP) is 0.0831. The monoisotopic (exact) mass is 274 g/mol. The molecule has 1 fully saturated rings. The highest BCUT2D eigenvalue weighted by Crippen LogP contribution is 2.08. The van der Waals surface area contributed by atoms with Crippen molar-refractivity contribution in [3.8, 4) is 0 Å². The average molecular weight is 274 g/mol. The van der Waals surface area contributed by atoms with Crippen molar-refractivity contribution in [3.05, 3.63) is 24.5 Å². The van der Waals surface area contributed by atoms with E-state index in [9.17, 15) is 9.59 Å². The molecule has 0 aromatic carbocycles. The number of nitrogens with one attached hydrogen (secondary N) is 2. The lowest BCUT2D eigenvalue weighted by atomic mass is 10.3. The zero-order chi connectivity index (χ0) is 13.9. The predicted molar refractivity (Wildman–Crippen MR) is 71.2 cm³/mol. The molecule has 20 heavy (non-hydrogen) atoms. The van der Waals surface area contributed by atoms with Gasteiger partial charge in [0.05, 0.1) is 6.20 Å². The standard InChI is InChI=1S/C12H14N6O2/c19-11(8-17-7-1-4-14-12(17)20)16-10-2-5-13-9-3-6-15-18(9)10/h2-3,5-6H,1,4,7-8H2,(H,14,20)(H,16,19). The molecule has 1 saturated heterocycles. The molecular formula is C12H14N6O2. The van der Waals surface area contributed by atoms with E-state index in [2.05, 4.69) is 20.7 Å². The first-order valence-electron chi connectivity index (χ1n) is 6.35. The number of nitrogens with zero attached hydrogens (tertiary/aromatic N) is 4. The van der Waals surface area contributed by atoms with Gasteiger partial charge in [0.25, 0.3) is 0 Å². The van der Waals surface area contributed by atoms with Crippen molar-refractivity contribution in [1.29, 1.82) is 0 Å². The molecule has 1 aliphatic heterocycles. The van der Waals surface area contributed by atoms with E-state index in [0.29, 0.717) is 24.6 Å². The molecule has 2 aromatic heterocycles. The summed E-state index contributed by atoms with van der Waals surface area (Å²) in [6, 6.07) is 3.20. The van der Waals surface area contributed by atoms with Crippen LogP contribution in [0.1, 0.15) is 6.42 Å². The number of fused-ring (bicyclic) bond motifs is 1. The largest absolute Gasteiger partial charge is 0.338 e. The lowest BCUT2D eigenvalue weighted by molar-refractivity contribution is -0.116. The number of aromatic nitrogens is 3. The van der Waals surface area contributed by atoms with Crippen LogP contribution in [0.5, 0.6) is 0 Å². The molecule has 3 amide bonds. The van der Waals surface area contributed by atoms with Gasteiger partial charge in [-0.3, -0.25) is 4.79 Å². The van der Waals surface area contributed by atoms with E-state index in [1.807, 2.05) is 0 Å². The van der Waals surface area contributed by atoms with Gasteiger partial charge in [-0.25, -0.2) is 9.78 Å². The average Bonchev–Trinajstić information content (AvgIpc) is 2.91. The first-order chi connectivity index (χ1) is 9.74. The van der Waals surface area contributed by atoms with Gasteiger partial charge in [-0.15, -0.1) is 0 Å². The van der Waals surface area contributed by atoms with Gasteiger partial charge in [-0.1, -0.05) is 0 Å². The van der Waals surface area contributed by atoms with Gasteiger partial charge in [-0.05, 0) is 12.5 Å². The number of carbonyl (C=O) groups excluding carboxylic acids is 2. The number of urea groups is 1.